The molecule has 2 aliphatic rings. The van der Waals surface area contributed by atoms with E-state index >= 15 is 0 Å². The Morgan fingerprint density at radius 3 is 2.46 bits per heavy atom. The number of carbonyl (C=O) groups excluding carboxylic acids is 3. The summed E-state index contributed by atoms with van der Waals surface area (Å²) in [4.78, 5) is 37.4. The fraction of sp³-hybridized carbons (Fsp3) is 0.0952. The molecule has 0 radical (unpaired) electrons. The number of rotatable bonds is 4. The molecule has 2 aromatic rings. The average molecular weight is 344 g/mol. The van der Waals surface area contributed by atoms with Gasteiger partial charge in [0.25, 0.3) is 11.8 Å². The van der Waals surface area contributed by atoms with E-state index in [0.29, 0.717) is 29.5 Å². The van der Waals surface area contributed by atoms with Crippen LogP contribution in [0.2, 0.25) is 0 Å². The maximum absolute atomic E-state index is 12.6. The van der Waals surface area contributed by atoms with Crippen molar-refractivity contribution >= 4 is 23.8 Å². The van der Waals surface area contributed by atoms with E-state index in [1.165, 1.54) is 17.0 Å². The highest BCUT2D eigenvalue weighted by Crippen LogP contribution is 2.29. The molecule has 1 N–H and O–H groups in total. The van der Waals surface area contributed by atoms with E-state index in [9.17, 15) is 14.4 Å². The summed E-state index contributed by atoms with van der Waals surface area (Å²) in [6.45, 7) is 0. The van der Waals surface area contributed by atoms with E-state index in [1.54, 1.807) is 12.1 Å². The lowest BCUT2D eigenvalue weighted by molar-refractivity contribution is 0.0708. The highest BCUT2D eigenvalue weighted by Gasteiger charge is 2.37. The number of para-hydroxylation sites is 1. The second-order valence-electron chi connectivity index (χ2n) is 6.21. The zero-order valence-corrected chi connectivity index (χ0v) is 13.9. The monoisotopic (exact) mass is 344 g/mol. The number of anilines is 1. The molecule has 0 aromatic heterocycles. The fourth-order valence-corrected chi connectivity index (χ4v) is 3.20. The van der Waals surface area contributed by atoms with Crippen LogP contribution in [0.3, 0.4) is 0 Å². The number of nitrogens with zero attached hydrogens (tertiary/aromatic N) is 1. The van der Waals surface area contributed by atoms with Gasteiger partial charge in [-0.1, -0.05) is 36.4 Å². The van der Waals surface area contributed by atoms with Gasteiger partial charge in [-0.3, -0.25) is 14.4 Å². The second-order valence-corrected chi connectivity index (χ2v) is 6.21. The largest absolute Gasteiger partial charge is 0.379 e. The molecule has 1 unspecified atom stereocenters. The summed E-state index contributed by atoms with van der Waals surface area (Å²) >= 11 is 0. The molecule has 5 heteroatoms. The van der Waals surface area contributed by atoms with Gasteiger partial charge in [0.05, 0.1) is 11.1 Å². The number of nitrogens with one attached hydrogen (secondary N) is 1. The van der Waals surface area contributed by atoms with Crippen molar-refractivity contribution in [2.45, 2.75) is 12.5 Å². The van der Waals surface area contributed by atoms with Gasteiger partial charge in [-0.2, -0.15) is 0 Å². The van der Waals surface area contributed by atoms with E-state index in [1.807, 2.05) is 42.5 Å². The van der Waals surface area contributed by atoms with Crippen LogP contribution in [0.25, 0.3) is 0 Å². The summed E-state index contributed by atoms with van der Waals surface area (Å²) in [5.74, 6) is -0.744. The molecule has 1 aliphatic heterocycles. The van der Waals surface area contributed by atoms with Gasteiger partial charge in [-0.05, 0) is 36.8 Å². The zero-order valence-electron chi connectivity index (χ0n) is 13.9. The van der Waals surface area contributed by atoms with Crippen molar-refractivity contribution in [2.75, 3.05) is 5.32 Å². The number of imide groups is 1. The van der Waals surface area contributed by atoms with Crippen LogP contribution in [0.5, 0.6) is 0 Å². The third-order valence-electron chi connectivity index (χ3n) is 4.51. The van der Waals surface area contributed by atoms with Crippen molar-refractivity contribution in [1.29, 1.82) is 0 Å². The molecule has 26 heavy (non-hydrogen) atoms. The minimum atomic E-state index is -0.390. The normalized spacial score (nSPS) is 18.5. The van der Waals surface area contributed by atoms with Crippen molar-refractivity contribution in [2.24, 2.45) is 0 Å². The number of fused-ring (bicyclic) bond motifs is 1. The number of hydrogen-bond donors (Lipinski definition) is 1. The number of hydrogen-bond acceptors (Lipinski definition) is 4. The third-order valence-corrected chi connectivity index (χ3v) is 4.51. The Labute approximate surface area is 150 Å². The van der Waals surface area contributed by atoms with E-state index in [4.69, 9.17) is 0 Å². The second kappa shape index (κ2) is 6.44. The molecule has 2 amide bonds. The maximum atomic E-state index is 12.6. The van der Waals surface area contributed by atoms with Crippen molar-refractivity contribution in [1.82, 2.24) is 4.90 Å². The topological polar surface area (TPSA) is 66.5 Å². The Morgan fingerprint density at radius 1 is 1.00 bits per heavy atom. The lowest BCUT2D eigenvalue weighted by Gasteiger charge is -2.22. The molecule has 1 atom stereocenters. The number of benzene rings is 2. The Morgan fingerprint density at radius 2 is 1.77 bits per heavy atom. The summed E-state index contributed by atoms with van der Waals surface area (Å²) in [5, 5.41) is 3.39. The Balaban J connectivity index is 1.52. The Kier molecular flexibility index (Phi) is 3.97. The van der Waals surface area contributed by atoms with Crippen LogP contribution in [-0.4, -0.2) is 29.0 Å². The van der Waals surface area contributed by atoms with Crippen molar-refractivity contribution in [3.63, 3.8) is 0 Å². The van der Waals surface area contributed by atoms with Gasteiger partial charge < -0.3 is 5.32 Å². The molecule has 0 saturated carbocycles. The predicted molar refractivity (Wildman–Crippen MR) is 98.0 cm³/mol. The Bertz CT molecular complexity index is 960. The van der Waals surface area contributed by atoms with Crippen LogP contribution in [-0.2, 0) is 0 Å². The summed E-state index contributed by atoms with van der Waals surface area (Å²) in [7, 11) is 0. The van der Waals surface area contributed by atoms with E-state index in [2.05, 4.69) is 5.32 Å². The third kappa shape index (κ3) is 2.73. The molecule has 128 valence electrons. The average Bonchev–Trinajstić information content (AvgIpc) is 2.93. The van der Waals surface area contributed by atoms with Gasteiger partial charge in [0.1, 0.15) is 6.29 Å². The van der Waals surface area contributed by atoms with Gasteiger partial charge in [0.15, 0.2) is 0 Å². The van der Waals surface area contributed by atoms with E-state index in [0.717, 1.165) is 5.69 Å². The molecule has 1 aliphatic carbocycles. The zero-order chi connectivity index (χ0) is 18.1. The number of amides is 2. The van der Waals surface area contributed by atoms with Crippen molar-refractivity contribution < 1.29 is 14.4 Å². The first kappa shape index (κ1) is 16.0. The lowest BCUT2D eigenvalue weighted by atomic mass is 10.1. The van der Waals surface area contributed by atoms with Crippen molar-refractivity contribution in [3.8, 4) is 0 Å². The maximum Gasteiger partial charge on any atom is 0.266 e. The molecule has 0 spiro atoms. The van der Waals surface area contributed by atoms with E-state index < -0.39 is 0 Å². The van der Waals surface area contributed by atoms with Crippen LogP contribution in [0.15, 0.2) is 72.5 Å². The highest BCUT2D eigenvalue weighted by atomic mass is 16.2. The first-order valence-corrected chi connectivity index (χ1v) is 8.35. The minimum Gasteiger partial charge on any atom is -0.379 e. The molecule has 5 nitrogen and oxygen atoms in total. The predicted octanol–water partition coefficient (Wildman–Crippen LogP) is 3.42. The quantitative estimate of drug-likeness (QED) is 0.682. The van der Waals surface area contributed by atoms with Gasteiger partial charge >= 0.3 is 0 Å². The summed E-state index contributed by atoms with van der Waals surface area (Å²) in [5.41, 5.74) is 2.57. The molecule has 4 rings (SSSR count). The fourth-order valence-electron chi connectivity index (χ4n) is 3.20. The molecule has 1 heterocycles. The summed E-state index contributed by atoms with van der Waals surface area (Å²) in [6, 6.07) is 14.5. The van der Waals surface area contributed by atoms with E-state index in [-0.39, 0.29) is 23.4 Å². The van der Waals surface area contributed by atoms with Gasteiger partial charge in [0.2, 0.25) is 0 Å². The molecule has 0 bridgehead atoms. The van der Waals surface area contributed by atoms with Crippen molar-refractivity contribution in [3.05, 3.63) is 89.1 Å². The standard InChI is InChI=1S/C21H16N2O3/c24-13-14-6-11-18-19(12-14)21(26)23(20(18)25)17-9-7-16(8-10-17)22-15-4-2-1-3-5-15/h1-7,9-13,16,22H,8H2. The number of aldehydes is 1. The van der Waals surface area contributed by atoms with Crippen LogP contribution >= 0.6 is 0 Å². The molecular formula is C21H16N2O3. The highest BCUT2D eigenvalue weighted by molar-refractivity contribution is 6.23. The van der Waals surface area contributed by atoms with Gasteiger partial charge in [0, 0.05) is 23.0 Å². The molecular weight excluding hydrogens is 328 g/mol. The SMILES string of the molecule is O=Cc1ccc2c(c1)C(=O)N(C1=CCC(Nc3ccccc3)C=C1)C2=O. The number of carbonyl (C=O) groups is 3. The van der Waals surface area contributed by atoms with Crippen LogP contribution < -0.4 is 5.32 Å². The van der Waals surface area contributed by atoms with Crippen LogP contribution in [0.1, 0.15) is 37.5 Å². The van der Waals surface area contributed by atoms with Gasteiger partial charge in [-0.25, -0.2) is 4.90 Å². The molecule has 2 aromatic carbocycles. The number of allylic oxidation sites excluding steroid dienone is 1. The van der Waals surface area contributed by atoms with Gasteiger partial charge in [-0.15, -0.1) is 0 Å². The lowest BCUT2D eigenvalue weighted by Crippen LogP contribution is -2.30. The first-order valence-electron chi connectivity index (χ1n) is 8.35. The Hall–Kier alpha value is -3.47. The summed E-state index contributed by atoms with van der Waals surface area (Å²) < 4.78 is 0. The van der Waals surface area contributed by atoms with Crippen LogP contribution in [0, 0.1) is 0 Å². The molecule has 0 fully saturated rings. The molecule has 0 saturated heterocycles. The first-order chi connectivity index (χ1) is 12.7. The minimum absolute atomic E-state index is 0.0954. The smallest absolute Gasteiger partial charge is 0.266 e. The van der Waals surface area contributed by atoms with Crippen LogP contribution in [0.4, 0.5) is 5.69 Å². The summed E-state index contributed by atoms with van der Waals surface area (Å²) in [6.07, 6.45) is 6.94.